The van der Waals surface area contributed by atoms with Gasteiger partial charge in [-0.2, -0.15) is 0 Å². The Bertz CT molecular complexity index is 1160. The first-order chi connectivity index (χ1) is 15.9. The second kappa shape index (κ2) is 12.1. The molecule has 0 heterocycles. The molecule has 166 valence electrons. The second-order valence-electron chi connectivity index (χ2n) is 7.13. The van der Waals surface area contributed by atoms with E-state index in [0.717, 1.165) is 44.0 Å². The fraction of sp³-hybridized carbons (Fsp3) is 0.0714. The first-order valence-corrected chi connectivity index (χ1v) is 11.9. The van der Waals surface area contributed by atoms with Gasteiger partial charge in [-0.15, -0.1) is 0 Å². The van der Waals surface area contributed by atoms with Crippen LogP contribution in [0.5, 0.6) is 5.75 Å². The van der Waals surface area contributed by atoms with Crippen molar-refractivity contribution >= 4 is 39.8 Å². The van der Waals surface area contributed by atoms with E-state index < -0.39 is 0 Å². The van der Waals surface area contributed by atoms with Gasteiger partial charge < -0.3 is 4.74 Å². The summed E-state index contributed by atoms with van der Waals surface area (Å²) in [6.07, 6.45) is 5.30. The predicted octanol–water partition coefficient (Wildman–Crippen LogP) is 7.45. The molecule has 0 amide bonds. The molecule has 0 spiro atoms. The van der Waals surface area contributed by atoms with Crippen LogP contribution < -0.4 is 4.74 Å². The Labute approximate surface area is 203 Å². The van der Waals surface area contributed by atoms with E-state index >= 15 is 0 Å². The van der Waals surface area contributed by atoms with Crippen LogP contribution in [-0.2, 0) is 9.59 Å². The number of thioether (sulfide) groups is 2. The average molecular weight is 473 g/mol. The number of rotatable bonds is 9. The van der Waals surface area contributed by atoms with E-state index in [4.69, 9.17) is 4.74 Å². The summed E-state index contributed by atoms with van der Waals surface area (Å²) in [5.74, 6) is 0.749. The maximum absolute atomic E-state index is 11.7. The number of carbonyl (C=O) groups excluding carboxylic acids is 2. The number of benzene rings is 3. The summed E-state index contributed by atoms with van der Waals surface area (Å²) in [7, 11) is 0. The van der Waals surface area contributed by atoms with E-state index in [9.17, 15) is 9.59 Å². The highest BCUT2D eigenvalue weighted by atomic mass is 32.2. The molecule has 3 rings (SSSR count). The van der Waals surface area contributed by atoms with Crippen LogP contribution in [-0.4, -0.2) is 16.8 Å². The Morgan fingerprint density at radius 2 is 1.39 bits per heavy atom. The van der Waals surface area contributed by atoms with Crippen LogP contribution in [0.25, 0.3) is 17.2 Å². The van der Waals surface area contributed by atoms with Crippen molar-refractivity contribution < 1.29 is 14.3 Å². The van der Waals surface area contributed by atoms with Crippen molar-refractivity contribution in [3.05, 3.63) is 109 Å². The lowest BCUT2D eigenvalue weighted by Crippen LogP contribution is -1.94. The van der Waals surface area contributed by atoms with Gasteiger partial charge in [0.1, 0.15) is 12.4 Å². The van der Waals surface area contributed by atoms with Gasteiger partial charge in [-0.05, 0) is 101 Å². The normalized spacial score (nSPS) is 10.7. The standard InChI is InChI=1S/C28H24O3S2/c1-4-27(29)32-25-15-11-23(12-16-25)22-9-7-21(8-10-22)6-5-19-31-24-13-17-26(18-14-24)33-28(30)20(2)3/h4-18H,1-2,19H2,3H3. The van der Waals surface area contributed by atoms with Crippen LogP contribution in [0.4, 0.5) is 0 Å². The van der Waals surface area contributed by atoms with Crippen molar-refractivity contribution in [3.8, 4) is 16.9 Å². The molecular formula is C28H24O3S2. The van der Waals surface area contributed by atoms with Crippen LogP contribution in [0.1, 0.15) is 12.5 Å². The Hall–Kier alpha value is -3.28. The summed E-state index contributed by atoms with van der Waals surface area (Å²) < 4.78 is 5.74. The number of hydrogen-bond acceptors (Lipinski definition) is 5. The van der Waals surface area contributed by atoms with Crippen LogP contribution >= 0.6 is 23.5 Å². The molecule has 5 heteroatoms. The summed E-state index contributed by atoms with van der Waals surface area (Å²) in [5, 5.41) is -0.0948. The zero-order chi connectivity index (χ0) is 23.6. The molecule has 3 aromatic rings. The highest BCUT2D eigenvalue weighted by Crippen LogP contribution is 2.26. The van der Waals surface area contributed by atoms with Crippen LogP contribution in [0.3, 0.4) is 0 Å². The van der Waals surface area contributed by atoms with Crippen molar-refractivity contribution in [3.63, 3.8) is 0 Å². The largest absolute Gasteiger partial charge is 0.490 e. The van der Waals surface area contributed by atoms with Crippen molar-refractivity contribution in [2.24, 2.45) is 0 Å². The SMILES string of the molecule is C=CC(=O)Sc1ccc(-c2ccc(C=CCOc3ccc(SC(=O)C(=C)C)cc3)cc2)cc1. The van der Waals surface area contributed by atoms with Gasteiger partial charge in [0.15, 0.2) is 0 Å². The van der Waals surface area contributed by atoms with Crippen molar-refractivity contribution in [2.75, 3.05) is 6.61 Å². The molecule has 0 saturated heterocycles. The molecule has 3 aromatic carbocycles. The summed E-state index contributed by atoms with van der Waals surface area (Å²) in [6, 6.07) is 23.6. The minimum absolute atomic E-state index is 0.0337. The fourth-order valence-electron chi connectivity index (χ4n) is 2.79. The maximum atomic E-state index is 11.7. The Morgan fingerprint density at radius 3 is 1.97 bits per heavy atom. The van der Waals surface area contributed by atoms with Gasteiger partial charge in [0.2, 0.25) is 10.2 Å². The Morgan fingerprint density at radius 1 is 0.848 bits per heavy atom. The number of hydrogen-bond donors (Lipinski definition) is 0. The Kier molecular flexibility index (Phi) is 8.93. The third kappa shape index (κ3) is 7.67. The Balaban J connectivity index is 1.50. The lowest BCUT2D eigenvalue weighted by atomic mass is 10.0. The monoisotopic (exact) mass is 472 g/mol. The van der Waals surface area contributed by atoms with E-state index in [2.05, 4.69) is 37.4 Å². The molecule has 33 heavy (non-hydrogen) atoms. The summed E-state index contributed by atoms with van der Waals surface area (Å²) >= 11 is 2.33. The molecule has 3 nitrogen and oxygen atoms in total. The quantitative estimate of drug-likeness (QED) is 0.239. The van der Waals surface area contributed by atoms with Gasteiger partial charge >= 0.3 is 0 Å². The molecule has 0 N–H and O–H groups in total. The van der Waals surface area contributed by atoms with E-state index in [1.54, 1.807) is 6.92 Å². The van der Waals surface area contributed by atoms with Crippen molar-refractivity contribution in [1.29, 1.82) is 0 Å². The van der Waals surface area contributed by atoms with Crippen LogP contribution in [0, 0.1) is 0 Å². The lowest BCUT2D eigenvalue weighted by Gasteiger charge is -2.05. The third-order valence-electron chi connectivity index (χ3n) is 4.52. The fourth-order valence-corrected chi connectivity index (χ4v) is 4.03. The van der Waals surface area contributed by atoms with E-state index in [1.165, 1.54) is 17.8 Å². The van der Waals surface area contributed by atoms with Crippen LogP contribution in [0.2, 0.25) is 0 Å². The molecular weight excluding hydrogens is 448 g/mol. The second-order valence-corrected chi connectivity index (χ2v) is 9.25. The third-order valence-corrected chi connectivity index (χ3v) is 6.44. The minimum Gasteiger partial charge on any atom is -0.490 e. The minimum atomic E-state index is -0.0611. The average Bonchev–Trinajstić information content (AvgIpc) is 2.83. The summed E-state index contributed by atoms with van der Waals surface area (Å²) in [5.41, 5.74) is 3.82. The van der Waals surface area contributed by atoms with Crippen LogP contribution in [0.15, 0.2) is 113 Å². The van der Waals surface area contributed by atoms with Crippen molar-refractivity contribution in [1.82, 2.24) is 0 Å². The van der Waals surface area contributed by atoms with Gasteiger partial charge in [0, 0.05) is 9.79 Å². The molecule has 0 bridgehead atoms. The predicted molar refractivity (Wildman–Crippen MR) is 140 cm³/mol. The molecule has 0 aliphatic heterocycles. The molecule has 0 radical (unpaired) electrons. The first kappa shape index (κ1) is 24.4. The summed E-state index contributed by atoms with van der Waals surface area (Å²) in [4.78, 5) is 24.9. The van der Waals surface area contributed by atoms with E-state index in [-0.39, 0.29) is 10.2 Å². The molecule has 0 aliphatic carbocycles. The molecule has 0 atom stereocenters. The number of carbonyl (C=O) groups is 2. The van der Waals surface area contributed by atoms with Gasteiger partial charge in [0.05, 0.1) is 0 Å². The molecule has 0 aliphatic rings. The van der Waals surface area contributed by atoms with E-state index in [1.807, 2.05) is 60.7 Å². The van der Waals surface area contributed by atoms with Gasteiger partial charge in [-0.25, -0.2) is 0 Å². The first-order valence-electron chi connectivity index (χ1n) is 10.3. The molecule has 0 aromatic heterocycles. The van der Waals surface area contributed by atoms with E-state index in [0.29, 0.717) is 12.2 Å². The lowest BCUT2D eigenvalue weighted by molar-refractivity contribution is -0.108. The highest BCUT2D eigenvalue weighted by Gasteiger charge is 2.05. The zero-order valence-electron chi connectivity index (χ0n) is 18.3. The highest BCUT2D eigenvalue weighted by molar-refractivity contribution is 8.14. The topological polar surface area (TPSA) is 43.4 Å². The van der Waals surface area contributed by atoms with Gasteiger partial charge in [-0.3, -0.25) is 9.59 Å². The smallest absolute Gasteiger partial charge is 0.219 e. The zero-order valence-corrected chi connectivity index (χ0v) is 20.0. The van der Waals surface area contributed by atoms with Gasteiger partial charge in [-0.1, -0.05) is 55.6 Å². The molecule has 0 saturated carbocycles. The number of ether oxygens (including phenoxy) is 1. The molecule has 0 unspecified atom stereocenters. The summed E-state index contributed by atoms with van der Waals surface area (Å²) in [6.45, 7) is 9.31. The van der Waals surface area contributed by atoms with Crippen molar-refractivity contribution in [2.45, 2.75) is 16.7 Å². The molecule has 0 fully saturated rings. The van der Waals surface area contributed by atoms with Gasteiger partial charge in [0.25, 0.3) is 0 Å². The maximum Gasteiger partial charge on any atom is 0.219 e.